The predicted molar refractivity (Wildman–Crippen MR) is 82.6 cm³/mol. The summed E-state index contributed by atoms with van der Waals surface area (Å²) in [5, 5.41) is 8.60. The number of ether oxygens (including phenoxy) is 2. The number of nitrogens with zero attached hydrogens (tertiary/aromatic N) is 3. The van der Waals surface area contributed by atoms with Crippen molar-refractivity contribution in [2.45, 2.75) is 36.4 Å². The fraction of sp³-hybridized carbons (Fsp3) is 0.615. The Labute approximate surface area is 136 Å². The van der Waals surface area contributed by atoms with Gasteiger partial charge in [0.05, 0.1) is 31.8 Å². The molecule has 0 bridgehead atoms. The van der Waals surface area contributed by atoms with Crippen molar-refractivity contribution in [3.63, 3.8) is 0 Å². The molecule has 7 nitrogen and oxygen atoms in total. The molecule has 0 aliphatic carbocycles. The number of rotatable bonds is 7. The zero-order valence-corrected chi connectivity index (χ0v) is 14.7. The van der Waals surface area contributed by atoms with Crippen molar-refractivity contribution < 1.29 is 18.2 Å². The van der Waals surface area contributed by atoms with Crippen LogP contribution in [0.25, 0.3) is 0 Å². The SMILES string of the molecule is COc1cc(OC)nc(SC(C)C(C)(C#N)C(C)S(=O)[O-])n1. The Bertz CT molecular complexity index is 571. The van der Waals surface area contributed by atoms with E-state index < -0.39 is 21.7 Å². The van der Waals surface area contributed by atoms with Crippen LogP contribution in [-0.4, -0.2) is 43.4 Å². The first-order valence-electron chi connectivity index (χ1n) is 6.41. The largest absolute Gasteiger partial charge is 0.772 e. The summed E-state index contributed by atoms with van der Waals surface area (Å²) in [5.41, 5.74) is -1.09. The zero-order chi connectivity index (χ0) is 16.9. The van der Waals surface area contributed by atoms with Gasteiger partial charge in [-0.2, -0.15) is 15.2 Å². The lowest BCUT2D eigenvalue weighted by Crippen LogP contribution is -2.39. The number of thioether (sulfide) groups is 1. The van der Waals surface area contributed by atoms with E-state index in [2.05, 4.69) is 16.0 Å². The fourth-order valence-corrected chi connectivity index (χ4v) is 3.48. The lowest BCUT2D eigenvalue weighted by Gasteiger charge is -2.34. The third-order valence-corrected chi connectivity index (χ3v) is 5.88. The Morgan fingerprint density at radius 2 is 1.86 bits per heavy atom. The zero-order valence-electron chi connectivity index (χ0n) is 13.0. The average molecular weight is 344 g/mol. The first-order chi connectivity index (χ1) is 10.3. The van der Waals surface area contributed by atoms with Gasteiger partial charge in [-0.1, -0.05) is 36.7 Å². The molecule has 1 rings (SSSR count). The minimum absolute atomic E-state index is 0.334. The standard InChI is InChI=1S/C13H19N3O4S2/c1-8(13(3,7-14)9(2)22(17)18)21-12-15-10(19-4)6-11(16-12)20-5/h6,8-9H,1-5H3,(H,17,18)/p-1. The van der Waals surface area contributed by atoms with Gasteiger partial charge in [0, 0.05) is 10.5 Å². The molecule has 4 atom stereocenters. The van der Waals surface area contributed by atoms with Crippen LogP contribution >= 0.6 is 11.8 Å². The minimum atomic E-state index is -2.35. The molecule has 0 spiro atoms. The summed E-state index contributed by atoms with van der Waals surface area (Å²) < 4.78 is 32.6. The Balaban J connectivity index is 3.07. The van der Waals surface area contributed by atoms with Gasteiger partial charge in [0.1, 0.15) is 0 Å². The molecule has 0 fully saturated rings. The second kappa shape index (κ2) is 7.76. The van der Waals surface area contributed by atoms with E-state index in [-0.39, 0.29) is 5.25 Å². The van der Waals surface area contributed by atoms with Crippen molar-refractivity contribution in [2.24, 2.45) is 5.41 Å². The van der Waals surface area contributed by atoms with Crippen LogP contribution in [-0.2, 0) is 11.1 Å². The van der Waals surface area contributed by atoms with Gasteiger partial charge in [-0.05, 0) is 6.92 Å². The molecule has 1 aromatic rings. The molecule has 1 aromatic heterocycles. The van der Waals surface area contributed by atoms with Crippen LogP contribution in [0.15, 0.2) is 11.2 Å². The second-order valence-corrected chi connectivity index (χ2v) is 7.33. The van der Waals surface area contributed by atoms with Crippen LogP contribution in [0.5, 0.6) is 11.8 Å². The summed E-state index contributed by atoms with van der Waals surface area (Å²) >= 11 is -1.14. The normalized spacial score (nSPS) is 17.7. The highest BCUT2D eigenvalue weighted by Gasteiger charge is 2.39. The molecule has 0 aliphatic rings. The van der Waals surface area contributed by atoms with Gasteiger partial charge in [-0.25, -0.2) is 0 Å². The van der Waals surface area contributed by atoms with Gasteiger partial charge in [-0.3, -0.25) is 4.21 Å². The highest BCUT2D eigenvalue weighted by atomic mass is 32.2. The predicted octanol–water partition coefficient (Wildman–Crippen LogP) is 1.77. The van der Waals surface area contributed by atoms with Crippen molar-refractivity contribution in [2.75, 3.05) is 14.2 Å². The van der Waals surface area contributed by atoms with Crippen LogP contribution in [0.4, 0.5) is 0 Å². The van der Waals surface area contributed by atoms with Crippen molar-refractivity contribution in [3.8, 4) is 17.8 Å². The summed E-state index contributed by atoms with van der Waals surface area (Å²) in [5.74, 6) is 0.668. The molecule has 0 aromatic carbocycles. The van der Waals surface area contributed by atoms with Crippen molar-refractivity contribution >= 4 is 22.8 Å². The van der Waals surface area contributed by atoms with Crippen molar-refractivity contribution in [3.05, 3.63) is 6.07 Å². The van der Waals surface area contributed by atoms with Crippen LogP contribution < -0.4 is 9.47 Å². The van der Waals surface area contributed by atoms with E-state index in [0.717, 1.165) is 0 Å². The van der Waals surface area contributed by atoms with Gasteiger partial charge in [-0.15, -0.1) is 0 Å². The van der Waals surface area contributed by atoms with Crippen molar-refractivity contribution in [1.82, 2.24) is 9.97 Å². The second-order valence-electron chi connectivity index (χ2n) is 4.79. The van der Waals surface area contributed by atoms with E-state index in [9.17, 15) is 14.0 Å². The monoisotopic (exact) mass is 344 g/mol. The molecule has 0 aliphatic heterocycles. The Hall–Kier alpha value is -1.37. The smallest absolute Gasteiger partial charge is 0.220 e. The van der Waals surface area contributed by atoms with E-state index >= 15 is 0 Å². The molecule has 122 valence electrons. The number of aromatic nitrogens is 2. The van der Waals surface area contributed by atoms with E-state index in [1.165, 1.54) is 39.0 Å². The Morgan fingerprint density at radius 3 is 2.23 bits per heavy atom. The lowest BCUT2D eigenvalue weighted by molar-refractivity contribution is 0.363. The van der Waals surface area contributed by atoms with E-state index in [0.29, 0.717) is 16.9 Å². The molecule has 1 heterocycles. The maximum absolute atomic E-state index is 11.2. The van der Waals surface area contributed by atoms with Gasteiger partial charge in [0.15, 0.2) is 5.16 Å². The molecular weight excluding hydrogens is 326 g/mol. The molecule has 0 saturated heterocycles. The van der Waals surface area contributed by atoms with Gasteiger partial charge >= 0.3 is 0 Å². The topological polar surface area (TPSA) is 108 Å². The van der Waals surface area contributed by atoms with E-state index in [4.69, 9.17) is 9.47 Å². The average Bonchev–Trinajstić information content (AvgIpc) is 2.52. The molecule has 0 saturated carbocycles. The quantitative estimate of drug-likeness (QED) is 0.418. The maximum Gasteiger partial charge on any atom is 0.220 e. The van der Waals surface area contributed by atoms with Gasteiger partial charge in [0.25, 0.3) is 0 Å². The van der Waals surface area contributed by atoms with Crippen molar-refractivity contribution in [1.29, 1.82) is 5.26 Å². The number of hydrogen-bond acceptors (Lipinski definition) is 8. The number of nitriles is 1. The summed E-state index contributed by atoms with van der Waals surface area (Å²) in [6, 6.07) is 3.64. The van der Waals surface area contributed by atoms with Crippen LogP contribution in [0.3, 0.4) is 0 Å². The molecule has 9 heteroatoms. The summed E-state index contributed by atoms with van der Waals surface area (Å²) in [6.45, 7) is 4.89. The first-order valence-corrected chi connectivity index (χ1v) is 8.43. The fourth-order valence-electron chi connectivity index (χ4n) is 1.64. The molecule has 0 amide bonds. The van der Waals surface area contributed by atoms with Crippen LogP contribution in [0, 0.1) is 16.7 Å². The Morgan fingerprint density at radius 1 is 1.36 bits per heavy atom. The third kappa shape index (κ3) is 4.09. The molecule has 4 unspecified atom stereocenters. The molecule has 22 heavy (non-hydrogen) atoms. The molecule has 0 N–H and O–H groups in total. The highest BCUT2D eigenvalue weighted by Crippen LogP contribution is 2.39. The Kier molecular flexibility index (Phi) is 6.59. The maximum atomic E-state index is 11.2. The third-order valence-electron chi connectivity index (χ3n) is 3.58. The van der Waals surface area contributed by atoms with E-state index in [1.807, 2.05) is 0 Å². The number of methoxy groups -OCH3 is 2. The molecule has 0 radical (unpaired) electrons. The lowest BCUT2D eigenvalue weighted by atomic mass is 9.85. The minimum Gasteiger partial charge on any atom is -0.772 e. The van der Waals surface area contributed by atoms with Gasteiger partial charge in [0.2, 0.25) is 11.8 Å². The van der Waals surface area contributed by atoms with Crippen LogP contribution in [0.1, 0.15) is 20.8 Å². The molecular formula is C13H18N3O4S2-. The first kappa shape index (κ1) is 18.7. The van der Waals surface area contributed by atoms with E-state index in [1.54, 1.807) is 13.8 Å². The summed E-state index contributed by atoms with van der Waals surface area (Å²) in [6.07, 6.45) is 0. The van der Waals surface area contributed by atoms with Crippen LogP contribution in [0.2, 0.25) is 0 Å². The summed E-state index contributed by atoms with van der Waals surface area (Å²) in [4.78, 5) is 8.36. The number of hydrogen-bond donors (Lipinski definition) is 0. The van der Waals surface area contributed by atoms with Gasteiger partial charge < -0.3 is 14.0 Å². The summed E-state index contributed by atoms with van der Waals surface area (Å²) in [7, 11) is 2.95. The highest BCUT2D eigenvalue weighted by molar-refractivity contribution is 7.99.